The zero-order chi connectivity index (χ0) is 18.8. The predicted molar refractivity (Wildman–Crippen MR) is 105 cm³/mol. The van der Waals surface area contributed by atoms with Gasteiger partial charge in [-0.2, -0.15) is 0 Å². The number of hydrogen-bond acceptors (Lipinski definition) is 3. The summed E-state index contributed by atoms with van der Waals surface area (Å²) >= 11 is 0. The van der Waals surface area contributed by atoms with Crippen LogP contribution in [0.25, 0.3) is 11.0 Å². The summed E-state index contributed by atoms with van der Waals surface area (Å²) in [6.45, 7) is 13.8. The maximum absolute atomic E-state index is 11.7. The van der Waals surface area contributed by atoms with Gasteiger partial charge in [0.1, 0.15) is 8.07 Å². The Hall–Kier alpha value is -2.06. The summed E-state index contributed by atoms with van der Waals surface area (Å²) in [6, 6.07) is 5.31. The normalized spacial score (nSPS) is 11.9. The van der Waals surface area contributed by atoms with Gasteiger partial charge in [-0.1, -0.05) is 41.5 Å². The van der Waals surface area contributed by atoms with Crippen LogP contribution in [0.1, 0.15) is 57.7 Å². The van der Waals surface area contributed by atoms with Gasteiger partial charge in [0.15, 0.2) is 5.82 Å². The van der Waals surface area contributed by atoms with Gasteiger partial charge < -0.3 is 9.72 Å². The van der Waals surface area contributed by atoms with Gasteiger partial charge in [-0.05, 0) is 40.7 Å². The highest BCUT2D eigenvalue weighted by molar-refractivity contribution is 6.90. The number of esters is 1. The van der Waals surface area contributed by atoms with E-state index in [1.807, 2.05) is 6.07 Å². The highest BCUT2D eigenvalue weighted by atomic mass is 28.3. The molecule has 0 unspecified atom stereocenters. The van der Waals surface area contributed by atoms with Crippen LogP contribution < -0.4 is 0 Å². The van der Waals surface area contributed by atoms with Gasteiger partial charge in [-0.25, -0.2) is 9.78 Å². The minimum atomic E-state index is -1.79. The zero-order valence-electron chi connectivity index (χ0n) is 16.2. The maximum Gasteiger partial charge on any atom is 0.337 e. The Morgan fingerprint density at radius 3 is 2.24 bits per heavy atom. The average Bonchev–Trinajstić information content (AvgIpc) is 2.95. The van der Waals surface area contributed by atoms with E-state index >= 15 is 0 Å². The SMILES string of the molecule is COC(=O)c1ccc2nc(C#C[Si](C(C)C)(C(C)C)C(C)C)[nH]c2c1. The second-order valence-electron chi connectivity index (χ2n) is 7.46. The molecule has 0 amide bonds. The maximum atomic E-state index is 11.7. The van der Waals surface area contributed by atoms with Crippen molar-refractivity contribution < 1.29 is 9.53 Å². The van der Waals surface area contributed by atoms with Crippen LogP contribution in [-0.2, 0) is 4.74 Å². The monoisotopic (exact) mass is 356 g/mol. The van der Waals surface area contributed by atoms with Crippen LogP contribution in [0.2, 0.25) is 16.6 Å². The Balaban J connectivity index is 2.46. The van der Waals surface area contributed by atoms with Crippen molar-refractivity contribution >= 4 is 25.1 Å². The van der Waals surface area contributed by atoms with Gasteiger partial charge in [-0.15, -0.1) is 5.54 Å². The Kier molecular flexibility index (Phi) is 5.74. The molecule has 1 heterocycles. The summed E-state index contributed by atoms with van der Waals surface area (Å²) < 4.78 is 4.77. The molecule has 0 aliphatic carbocycles. The summed E-state index contributed by atoms with van der Waals surface area (Å²) in [4.78, 5) is 19.5. The van der Waals surface area contributed by atoms with Crippen molar-refractivity contribution in [1.82, 2.24) is 9.97 Å². The third-order valence-electron chi connectivity index (χ3n) is 5.17. The van der Waals surface area contributed by atoms with Crippen molar-refractivity contribution in [3.8, 4) is 11.5 Å². The van der Waals surface area contributed by atoms with Gasteiger partial charge in [-0.3, -0.25) is 0 Å². The minimum absolute atomic E-state index is 0.352. The molecule has 0 aliphatic heterocycles. The number of hydrogen-bond donors (Lipinski definition) is 1. The Morgan fingerprint density at radius 1 is 1.12 bits per heavy atom. The number of imidazole rings is 1. The fourth-order valence-corrected chi connectivity index (χ4v) is 9.12. The largest absolute Gasteiger partial charge is 0.465 e. The second kappa shape index (κ2) is 7.45. The molecule has 25 heavy (non-hydrogen) atoms. The van der Waals surface area contributed by atoms with E-state index in [0.717, 1.165) is 11.0 Å². The molecule has 0 spiro atoms. The van der Waals surface area contributed by atoms with Crippen molar-refractivity contribution in [2.24, 2.45) is 0 Å². The van der Waals surface area contributed by atoms with E-state index < -0.39 is 8.07 Å². The lowest BCUT2D eigenvalue weighted by Gasteiger charge is -2.37. The molecule has 2 rings (SSSR count). The van der Waals surface area contributed by atoms with E-state index in [4.69, 9.17) is 4.74 Å². The van der Waals surface area contributed by atoms with Crippen LogP contribution in [0, 0.1) is 11.5 Å². The summed E-state index contributed by atoms with van der Waals surface area (Å²) in [5.74, 6) is 3.62. The molecule has 134 valence electrons. The molecule has 0 bridgehead atoms. The Labute approximate surface area is 151 Å². The smallest absolute Gasteiger partial charge is 0.337 e. The number of ether oxygens (including phenoxy) is 1. The number of benzene rings is 1. The predicted octanol–water partition coefficient (Wildman–Crippen LogP) is 4.92. The van der Waals surface area contributed by atoms with Gasteiger partial charge in [0, 0.05) is 0 Å². The van der Waals surface area contributed by atoms with Crippen LogP contribution in [-0.4, -0.2) is 31.1 Å². The first-order valence-electron chi connectivity index (χ1n) is 8.83. The first-order chi connectivity index (χ1) is 11.7. The van der Waals surface area contributed by atoms with Crippen molar-refractivity contribution in [2.45, 2.75) is 58.2 Å². The molecular formula is C20H28N2O2Si. The van der Waals surface area contributed by atoms with Crippen molar-refractivity contribution in [3.05, 3.63) is 29.6 Å². The zero-order valence-corrected chi connectivity index (χ0v) is 17.2. The summed E-state index contributed by atoms with van der Waals surface area (Å²) in [6.07, 6.45) is 0. The number of nitrogens with one attached hydrogen (secondary N) is 1. The van der Waals surface area contributed by atoms with Crippen LogP contribution in [0.4, 0.5) is 0 Å². The highest BCUT2D eigenvalue weighted by Crippen LogP contribution is 2.40. The number of H-pyrrole nitrogens is 1. The number of fused-ring (bicyclic) bond motifs is 1. The topological polar surface area (TPSA) is 55.0 Å². The lowest BCUT2D eigenvalue weighted by atomic mass is 10.2. The van der Waals surface area contributed by atoms with Crippen LogP contribution >= 0.6 is 0 Å². The number of rotatable bonds is 4. The first-order valence-corrected chi connectivity index (χ1v) is 11.1. The molecule has 2 aromatic rings. The van der Waals surface area contributed by atoms with Crippen molar-refractivity contribution in [3.63, 3.8) is 0 Å². The van der Waals surface area contributed by atoms with E-state index in [-0.39, 0.29) is 5.97 Å². The molecule has 0 fully saturated rings. The third-order valence-corrected chi connectivity index (χ3v) is 11.5. The van der Waals surface area contributed by atoms with E-state index in [2.05, 4.69) is 63.0 Å². The molecule has 1 aromatic heterocycles. The van der Waals surface area contributed by atoms with E-state index in [1.54, 1.807) is 12.1 Å². The molecule has 5 heteroatoms. The number of aromatic amines is 1. The third kappa shape index (κ3) is 3.64. The molecule has 0 saturated carbocycles. The average molecular weight is 357 g/mol. The quantitative estimate of drug-likeness (QED) is 0.480. The second-order valence-corrected chi connectivity index (χ2v) is 13.0. The van der Waals surface area contributed by atoms with Gasteiger partial charge >= 0.3 is 5.97 Å². The summed E-state index contributed by atoms with van der Waals surface area (Å²) in [7, 11) is -0.410. The molecule has 0 saturated heterocycles. The van der Waals surface area contributed by atoms with Crippen LogP contribution in [0.15, 0.2) is 18.2 Å². The number of carbonyl (C=O) groups is 1. The highest BCUT2D eigenvalue weighted by Gasteiger charge is 2.41. The number of carbonyl (C=O) groups excluding carboxylic acids is 1. The fraction of sp³-hybridized carbons (Fsp3) is 0.500. The Bertz CT molecular complexity index is 803. The lowest BCUT2D eigenvalue weighted by molar-refractivity contribution is 0.0601. The molecule has 0 atom stereocenters. The van der Waals surface area contributed by atoms with Crippen molar-refractivity contribution in [2.75, 3.05) is 7.11 Å². The number of nitrogens with zero attached hydrogens (tertiary/aromatic N) is 1. The molecule has 0 aliphatic rings. The van der Waals surface area contributed by atoms with E-state index in [9.17, 15) is 4.79 Å². The molecular weight excluding hydrogens is 328 g/mol. The first kappa shape index (κ1) is 19.3. The molecule has 4 nitrogen and oxygen atoms in total. The molecule has 1 N–H and O–H groups in total. The molecule has 0 radical (unpaired) electrons. The van der Waals surface area contributed by atoms with Crippen molar-refractivity contribution in [1.29, 1.82) is 0 Å². The summed E-state index contributed by atoms with van der Waals surface area (Å²) in [5.41, 5.74) is 7.52. The van der Waals surface area contributed by atoms with Crippen LogP contribution in [0.5, 0.6) is 0 Å². The Morgan fingerprint density at radius 2 is 1.72 bits per heavy atom. The van der Waals surface area contributed by atoms with Gasteiger partial charge in [0.05, 0.1) is 23.7 Å². The minimum Gasteiger partial charge on any atom is -0.465 e. The van der Waals surface area contributed by atoms with E-state index in [1.165, 1.54) is 7.11 Å². The fourth-order valence-electron chi connectivity index (χ4n) is 3.91. The van der Waals surface area contributed by atoms with Crippen LogP contribution in [0.3, 0.4) is 0 Å². The number of methoxy groups -OCH3 is 1. The number of aromatic nitrogens is 2. The lowest BCUT2D eigenvalue weighted by Crippen LogP contribution is -2.43. The standard InChI is InChI=1S/C20H28N2O2Si/c1-13(2)25(14(3)4,15(5)6)11-10-19-21-17-9-8-16(20(23)24-7)12-18(17)22-19/h8-9,12-15H,1-7H3,(H,21,22). The van der Waals surface area contributed by atoms with Gasteiger partial charge in [0.25, 0.3) is 0 Å². The van der Waals surface area contributed by atoms with Gasteiger partial charge in [0.2, 0.25) is 0 Å². The molecule has 1 aromatic carbocycles. The van der Waals surface area contributed by atoms with E-state index in [0.29, 0.717) is 28.0 Å². The summed E-state index contributed by atoms with van der Waals surface area (Å²) in [5, 5.41) is 0.